The van der Waals surface area contributed by atoms with E-state index in [-0.39, 0.29) is 31.0 Å². The van der Waals surface area contributed by atoms with Gasteiger partial charge in [-0.3, -0.25) is 4.79 Å². The molecule has 1 aromatic heterocycles. The Labute approximate surface area is 180 Å². The second-order valence-electron chi connectivity index (χ2n) is 7.04. The smallest absolute Gasteiger partial charge is 0.318 e. The molecule has 30 heavy (non-hydrogen) atoms. The summed E-state index contributed by atoms with van der Waals surface area (Å²) in [5.74, 6) is -0.368. The zero-order valence-electron chi connectivity index (χ0n) is 16.5. The van der Waals surface area contributed by atoms with Crippen LogP contribution in [0.3, 0.4) is 0 Å². The van der Waals surface area contributed by atoms with Crippen LogP contribution in [-0.2, 0) is 16.1 Å². The number of rotatable bonds is 4. The van der Waals surface area contributed by atoms with Gasteiger partial charge in [0.25, 0.3) is 0 Å². The van der Waals surface area contributed by atoms with Crippen molar-refractivity contribution in [3.8, 4) is 5.69 Å². The molecule has 2 aromatic carbocycles. The van der Waals surface area contributed by atoms with Crippen LogP contribution >= 0.6 is 11.6 Å². The maximum Gasteiger partial charge on any atom is 0.318 e. The Balaban J connectivity index is 1.77. The van der Waals surface area contributed by atoms with E-state index in [0.717, 1.165) is 22.5 Å². The molecule has 0 spiro atoms. The molecule has 0 saturated carbocycles. The van der Waals surface area contributed by atoms with Crippen LogP contribution in [0.4, 0.5) is 4.79 Å². The number of halogens is 1. The summed E-state index contributed by atoms with van der Waals surface area (Å²) in [6, 6.07) is 18.9. The summed E-state index contributed by atoms with van der Waals surface area (Å²) in [5.41, 5.74) is 3.83. The van der Waals surface area contributed by atoms with Gasteiger partial charge in [-0.25, -0.2) is 4.79 Å². The number of ether oxygens (including phenoxy) is 1. The predicted octanol–water partition coefficient (Wildman–Crippen LogP) is 4.31. The highest BCUT2D eigenvalue weighted by Gasteiger charge is 2.33. The highest BCUT2D eigenvalue weighted by atomic mass is 35.5. The quantitative estimate of drug-likeness (QED) is 0.636. The number of amides is 2. The molecule has 0 radical (unpaired) electrons. The molecule has 2 heterocycles. The number of urea groups is 1. The minimum Gasteiger partial charge on any atom is -0.469 e. The summed E-state index contributed by atoms with van der Waals surface area (Å²) < 4.78 is 6.76. The predicted molar refractivity (Wildman–Crippen MR) is 115 cm³/mol. The molecular formula is C23H22ClN3O3. The molecule has 1 atom stereocenters. The van der Waals surface area contributed by atoms with Gasteiger partial charge in [0.15, 0.2) is 0 Å². The lowest BCUT2D eigenvalue weighted by atomic mass is 10.0. The van der Waals surface area contributed by atoms with Crippen LogP contribution in [0.5, 0.6) is 0 Å². The second-order valence-corrected chi connectivity index (χ2v) is 7.45. The molecule has 0 fully saturated rings. The first-order valence-corrected chi connectivity index (χ1v) is 10.1. The number of esters is 1. The van der Waals surface area contributed by atoms with Crippen LogP contribution in [0.25, 0.3) is 5.69 Å². The molecule has 1 aliphatic rings. The molecule has 7 heteroatoms. The van der Waals surface area contributed by atoms with Gasteiger partial charge in [-0.1, -0.05) is 48.0 Å². The number of carbonyl (C=O) groups is 2. The van der Waals surface area contributed by atoms with Crippen molar-refractivity contribution in [1.29, 1.82) is 0 Å². The van der Waals surface area contributed by atoms with Crippen molar-refractivity contribution >= 4 is 23.6 Å². The van der Waals surface area contributed by atoms with Crippen molar-refractivity contribution in [3.63, 3.8) is 0 Å². The monoisotopic (exact) mass is 423 g/mol. The van der Waals surface area contributed by atoms with Crippen molar-refractivity contribution in [1.82, 2.24) is 14.8 Å². The van der Waals surface area contributed by atoms with E-state index in [0.29, 0.717) is 11.6 Å². The molecule has 0 saturated heterocycles. The lowest BCUT2D eigenvalue weighted by molar-refractivity contribution is -0.140. The minimum absolute atomic E-state index is 0.111. The lowest BCUT2D eigenvalue weighted by Crippen LogP contribution is -2.42. The van der Waals surface area contributed by atoms with Crippen molar-refractivity contribution < 1.29 is 14.3 Å². The average molecular weight is 424 g/mol. The van der Waals surface area contributed by atoms with Gasteiger partial charge in [-0.05, 0) is 35.4 Å². The van der Waals surface area contributed by atoms with Crippen LogP contribution in [0.15, 0.2) is 66.9 Å². The number of nitrogens with one attached hydrogen (secondary N) is 1. The molecule has 154 valence electrons. The molecular weight excluding hydrogens is 402 g/mol. The Hall–Kier alpha value is -3.25. The minimum atomic E-state index is -0.390. The number of para-hydroxylation sites is 1. The molecule has 1 aliphatic heterocycles. The van der Waals surface area contributed by atoms with Gasteiger partial charge in [0.2, 0.25) is 0 Å². The van der Waals surface area contributed by atoms with E-state index in [4.69, 9.17) is 11.6 Å². The summed E-state index contributed by atoms with van der Waals surface area (Å²) in [4.78, 5) is 26.5. The number of nitrogens with zero attached hydrogens (tertiary/aromatic N) is 2. The molecule has 6 nitrogen and oxygen atoms in total. The Morgan fingerprint density at radius 1 is 1.10 bits per heavy atom. The average Bonchev–Trinajstić information content (AvgIpc) is 3.19. The Morgan fingerprint density at radius 3 is 2.67 bits per heavy atom. The van der Waals surface area contributed by atoms with E-state index >= 15 is 0 Å². The molecule has 1 N–H and O–H groups in total. The molecule has 0 aliphatic carbocycles. The zero-order valence-corrected chi connectivity index (χ0v) is 17.3. The zero-order chi connectivity index (χ0) is 21.1. The molecule has 0 bridgehead atoms. The summed E-state index contributed by atoms with van der Waals surface area (Å²) >= 11 is 6.56. The maximum absolute atomic E-state index is 13.3. The van der Waals surface area contributed by atoms with Crippen LogP contribution < -0.4 is 5.32 Å². The Morgan fingerprint density at radius 2 is 1.87 bits per heavy atom. The fourth-order valence-corrected chi connectivity index (χ4v) is 4.08. The van der Waals surface area contributed by atoms with Crippen molar-refractivity contribution in [2.45, 2.75) is 19.0 Å². The van der Waals surface area contributed by atoms with Gasteiger partial charge in [0.05, 0.1) is 31.5 Å². The molecule has 3 aromatic rings. The SMILES string of the molecule is COC(=O)CCNC(=O)N1Cc2ccccc2-n2cccc2C1c1ccccc1Cl. The highest BCUT2D eigenvalue weighted by Crippen LogP contribution is 2.38. The molecule has 2 amide bonds. The van der Waals surface area contributed by atoms with Crippen LogP contribution in [0.2, 0.25) is 5.02 Å². The fraction of sp³-hybridized carbons (Fsp3) is 0.217. The second kappa shape index (κ2) is 8.63. The van der Waals surface area contributed by atoms with Gasteiger partial charge >= 0.3 is 12.0 Å². The number of hydrogen-bond acceptors (Lipinski definition) is 3. The summed E-state index contributed by atoms with van der Waals surface area (Å²) in [6.07, 6.45) is 2.11. The maximum atomic E-state index is 13.3. The first-order valence-electron chi connectivity index (χ1n) is 9.71. The number of methoxy groups -OCH3 is 1. The van der Waals surface area contributed by atoms with Crippen LogP contribution in [-0.4, -0.2) is 35.1 Å². The van der Waals surface area contributed by atoms with E-state index in [1.165, 1.54) is 7.11 Å². The largest absolute Gasteiger partial charge is 0.469 e. The number of hydrogen-bond donors (Lipinski definition) is 1. The standard InChI is InChI=1S/C23H22ClN3O3/c1-30-21(28)12-13-25-23(29)27-15-16-7-2-5-10-19(16)26-14-6-11-20(26)22(27)17-8-3-4-9-18(17)24/h2-11,14,22H,12-13,15H2,1H3,(H,25,29). The first kappa shape index (κ1) is 20.0. The number of carbonyl (C=O) groups excluding carboxylic acids is 2. The van der Waals surface area contributed by atoms with E-state index in [1.807, 2.05) is 66.9 Å². The van der Waals surface area contributed by atoms with Gasteiger partial charge in [0.1, 0.15) is 6.04 Å². The Bertz CT molecular complexity index is 1080. The van der Waals surface area contributed by atoms with Crippen molar-refractivity contribution in [2.24, 2.45) is 0 Å². The first-order chi connectivity index (χ1) is 14.6. The molecule has 4 rings (SSSR count). The topological polar surface area (TPSA) is 63.6 Å². The van der Waals surface area contributed by atoms with E-state index < -0.39 is 0 Å². The third kappa shape index (κ3) is 3.78. The van der Waals surface area contributed by atoms with Crippen molar-refractivity contribution in [3.05, 3.63) is 88.7 Å². The van der Waals surface area contributed by atoms with E-state index in [1.54, 1.807) is 4.90 Å². The van der Waals surface area contributed by atoms with E-state index in [9.17, 15) is 9.59 Å². The summed E-state index contributed by atoms with van der Waals surface area (Å²) in [5, 5.41) is 3.44. The lowest BCUT2D eigenvalue weighted by Gasteiger charge is -2.31. The highest BCUT2D eigenvalue weighted by molar-refractivity contribution is 6.31. The third-order valence-corrected chi connectivity index (χ3v) is 5.60. The van der Waals surface area contributed by atoms with Crippen LogP contribution in [0, 0.1) is 0 Å². The number of benzene rings is 2. The number of aromatic nitrogens is 1. The van der Waals surface area contributed by atoms with Crippen LogP contribution in [0.1, 0.15) is 29.3 Å². The number of fused-ring (bicyclic) bond motifs is 3. The van der Waals surface area contributed by atoms with E-state index in [2.05, 4.69) is 14.6 Å². The van der Waals surface area contributed by atoms with Gasteiger partial charge in [0, 0.05) is 17.8 Å². The van der Waals surface area contributed by atoms with Crippen molar-refractivity contribution in [2.75, 3.05) is 13.7 Å². The van der Waals surface area contributed by atoms with Gasteiger partial charge < -0.3 is 19.5 Å². The third-order valence-electron chi connectivity index (χ3n) is 5.26. The molecule has 1 unspecified atom stereocenters. The Kier molecular flexibility index (Phi) is 5.77. The summed E-state index contributed by atoms with van der Waals surface area (Å²) in [7, 11) is 1.33. The van der Waals surface area contributed by atoms with Gasteiger partial charge in [-0.2, -0.15) is 0 Å². The fourth-order valence-electron chi connectivity index (χ4n) is 3.84. The summed E-state index contributed by atoms with van der Waals surface area (Å²) in [6.45, 7) is 0.595. The van der Waals surface area contributed by atoms with Gasteiger partial charge in [-0.15, -0.1) is 0 Å². The normalized spacial score (nSPS) is 15.0.